The van der Waals surface area contributed by atoms with Crippen LogP contribution in [0.2, 0.25) is 6.32 Å². The van der Waals surface area contributed by atoms with Crippen LogP contribution in [0.15, 0.2) is 0 Å². The van der Waals surface area contributed by atoms with Crippen LogP contribution in [-0.4, -0.2) is 58.3 Å². The molecule has 0 amide bonds. The van der Waals surface area contributed by atoms with Gasteiger partial charge in [-0.1, -0.05) is 26.7 Å². The molecular formula is C15H33BCl2N2O4. The number of piperidine rings is 1. The summed E-state index contributed by atoms with van der Waals surface area (Å²) in [5, 5.41) is 27.0. The first-order chi connectivity index (χ1) is 10.1. The molecule has 0 spiro atoms. The summed E-state index contributed by atoms with van der Waals surface area (Å²) < 4.78 is 0. The summed E-state index contributed by atoms with van der Waals surface area (Å²) in [5.41, 5.74) is 5.25. The Morgan fingerprint density at radius 1 is 1.17 bits per heavy atom. The summed E-state index contributed by atoms with van der Waals surface area (Å²) >= 11 is 0. The van der Waals surface area contributed by atoms with Gasteiger partial charge in [0.1, 0.15) is 5.54 Å². The maximum Gasteiger partial charge on any atom is 0.451 e. The zero-order valence-electron chi connectivity index (χ0n) is 14.7. The van der Waals surface area contributed by atoms with Gasteiger partial charge in [0.05, 0.1) is 0 Å². The number of nitrogens with zero attached hydrogens (tertiary/aromatic N) is 1. The van der Waals surface area contributed by atoms with E-state index in [-0.39, 0.29) is 31.1 Å². The maximum atomic E-state index is 11.5. The first kappa shape index (κ1) is 26.2. The lowest BCUT2D eigenvalue weighted by molar-refractivity contribution is -0.144. The van der Waals surface area contributed by atoms with Crippen LogP contribution in [0.4, 0.5) is 0 Å². The molecule has 144 valence electrons. The fraction of sp³-hybridized carbons (Fsp3) is 0.933. The van der Waals surface area contributed by atoms with E-state index in [1.165, 1.54) is 0 Å². The predicted molar refractivity (Wildman–Crippen MR) is 102 cm³/mol. The summed E-state index contributed by atoms with van der Waals surface area (Å²) in [4.78, 5) is 13.8. The van der Waals surface area contributed by atoms with E-state index < -0.39 is 18.6 Å². The predicted octanol–water partition coefficient (Wildman–Crippen LogP) is 1.77. The lowest BCUT2D eigenvalue weighted by Crippen LogP contribution is -2.51. The highest BCUT2D eigenvalue weighted by atomic mass is 35.5. The standard InChI is InChI=1S/C15H31BN2O4.2ClH/c1-14(2)6-10-18(11-7-14)12-8-15(17,13(19)20)5-3-4-9-16(21)22;;/h21-22H,3-12,17H2,1-2H3,(H,19,20);2*1H. The van der Waals surface area contributed by atoms with Gasteiger partial charge in [-0.25, -0.2) is 0 Å². The van der Waals surface area contributed by atoms with Crippen molar-refractivity contribution in [3.63, 3.8) is 0 Å². The van der Waals surface area contributed by atoms with E-state index in [9.17, 15) is 9.90 Å². The third-order valence-corrected chi connectivity index (χ3v) is 4.84. The second-order valence-electron chi connectivity index (χ2n) is 7.44. The fourth-order valence-electron chi connectivity index (χ4n) is 2.85. The second-order valence-corrected chi connectivity index (χ2v) is 7.44. The van der Waals surface area contributed by atoms with Gasteiger partial charge in [0.15, 0.2) is 0 Å². The average Bonchev–Trinajstić information content (AvgIpc) is 2.42. The van der Waals surface area contributed by atoms with Gasteiger partial charge in [0, 0.05) is 6.54 Å². The normalized spacial score (nSPS) is 19.5. The Hall–Kier alpha value is -0.0451. The number of carboxylic acid groups (broad SMARTS) is 1. The Balaban J connectivity index is 0. The number of likely N-dealkylation sites (tertiary alicyclic amines) is 1. The number of halogens is 2. The van der Waals surface area contributed by atoms with Gasteiger partial charge < -0.3 is 25.8 Å². The Kier molecular flexibility index (Phi) is 12.6. The molecule has 9 heteroatoms. The van der Waals surface area contributed by atoms with Crippen LogP contribution >= 0.6 is 24.8 Å². The molecule has 5 N–H and O–H groups in total. The van der Waals surface area contributed by atoms with E-state index >= 15 is 0 Å². The first-order valence-electron chi connectivity index (χ1n) is 8.25. The Bertz CT molecular complexity index is 365. The molecule has 0 radical (unpaired) electrons. The van der Waals surface area contributed by atoms with E-state index in [4.69, 9.17) is 15.8 Å². The molecule has 1 rings (SSSR count). The van der Waals surface area contributed by atoms with Gasteiger partial charge in [0.2, 0.25) is 0 Å². The Morgan fingerprint density at radius 2 is 1.71 bits per heavy atom. The van der Waals surface area contributed by atoms with Crippen molar-refractivity contribution in [1.82, 2.24) is 4.90 Å². The van der Waals surface area contributed by atoms with Crippen molar-refractivity contribution in [2.45, 2.75) is 64.2 Å². The number of rotatable bonds is 9. The minimum absolute atomic E-state index is 0. The van der Waals surface area contributed by atoms with Crippen molar-refractivity contribution in [2.75, 3.05) is 19.6 Å². The van der Waals surface area contributed by atoms with Crippen molar-refractivity contribution in [3.8, 4) is 0 Å². The lowest BCUT2D eigenvalue weighted by atomic mass is 9.81. The summed E-state index contributed by atoms with van der Waals surface area (Å²) in [6, 6.07) is 0. The highest BCUT2D eigenvalue weighted by Crippen LogP contribution is 2.30. The monoisotopic (exact) mass is 386 g/mol. The number of carboxylic acids is 1. The average molecular weight is 387 g/mol. The number of carbonyl (C=O) groups is 1. The number of hydrogen-bond donors (Lipinski definition) is 4. The van der Waals surface area contributed by atoms with Crippen molar-refractivity contribution in [1.29, 1.82) is 0 Å². The molecule has 1 unspecified atom stereocenters. The van der Waals surface area contributed by atoms with Crippen LogP contribution < -0.4 is 5.73 Å². The van der Waals surface area contributed by atoms with Crippen LogP contribution in [0, 0.1) is 5.41 Å². The van der Waals surface area contributed by atoms with Crippen molar-refractivity contribution in [3.05, 3.63) is 0 Å². The van der Waals surface area contributed by atoms with Crippen LogP contribution in [0.25, 0.3) is 0 Å². The summed E-state index contributed by atoms with van der Waals surface area (Å²) in [5.74, 6) is -0.964. The molecule has 6 nitrogen and oxygen atoms in total. The SMILES string of the molecule is CC1(C)CCN(CCC(N)(CCCCB(O)O)C(=O)O)CC1.Cl.Cl. The Labute approximate surface area is 158 Å². The van der Waals surface area contributed by atoms with Crippen LogP contribution in [0.1, 0.15) is 52.4 Å². The van der Waals surface area contributed by atoms with Crippen molar-refractivity contribution in [2.24, 2.45) is 11.1 Å². The molecule has 0 aromatic rings. The molecule has 1 fully saturated rings. The van der Waals surface area contributed by atoms with E-state index in [1.807, 2.05) is 0 Å². The van der Waals surface area contributed by atoms with E-state index in [1.54, 1.807) is 0 Å². The van der Waals surface area contributed by atoms with Gasteiger partial charge in [-0.3, -0.25) is 4.79 Å². The van der Waals surface area contributed by atoms with Crippen molar-refractivity contribution < 1.29 is 19.9 Å². The zero-order valence-corrected chi connectivity index (χ0v) is 16.4. The highest BCUT2D eigenvalue weighted by Gasteiger charge is 2.34. The molecule has 0 aromatic carbocycles. The molecule has 0 aliphatic carbocycles. The molecule has 1 saturated heterocycles. The molecule has 1 atom stereocenters. The first-order valence-corrected chi connectivity index (χ1v) is 8.25. The molecule has 0 saturated carbocycles. The molecule has 1 aliphatic rings. The summed E-state index contributed by atoms with van der Waals surface area (Å²) in [7, 11) is -1.33. The quantitative estimate of drug-likeness (QED) is 0.355. The van der Waals surface area contributed by atoms with Gasteiger partial charge in [-0.15, -0.1) is 24.8 Å². The number of nitrogens with two attached hydrogens (primary N) is 1. The highest BCUT2D eigenvalue weighted by molar-refractivity contribution is 6.40. The van der Waals surface area contributed by atoms with Crippen LogP contribution in [0.5, 0.6) is 0 Å². The largest absolute Gasteiger partial charge is 0.480 e. The van der Waals surface area contributed by atoms with Gasteiger partial charge in [-0.2, -0.15) is 0 Å². The molecule has 0 aromatic heterocycles. The maximum absolute atomic E-state index is 11.5. The zero-order chi connectivity index (χ0) is 16.8. The molecule has 0 bridgehead atoms. The smallest absolute Gasteiger partial charge is 0.451 e. The van der Waals surface area contributed by atoms with Crippen LogP contribution in [0.3, 0.4) is 0 Å². The molecule has 24 heavy (non-hydrogen) atoms. The third kappa shape index (κ3) is 9.44. The topological polar surface area (TPSA) is 107 Å². The Morgan fingerprint density at radius 3 is 2.17 bits per heavy atom. The third-order valence-electron chi connectivity index (χ3n) is 4.84. The van der Waals surface area contributed by atoms with Crippen molar-refractivity contribution >= 4 is 37.9 Å². The fourth-order valence-corrected chi connectivity index (χ4v) is 2.85. The minimum atomic E-state index is -1.33. The van der Waals surface area contributed by atoms with E-state index in [0.717, 1.165) is 25.9 Å². The van der Waals surface area contributed by atoms with E-state index in [0.29, 0.717) is 37.6 Å². The van der Waals surface area contributed by atoms with E-state index in [2.05, 4.69) is 18.7 Å². The number of aliphatic carboxylic acids is 1. The second kappa shape index (κ2) is 11.5. The van der Waals surface area contributed by atoms with Gasteiger partial charge >= 0.3 is 13.1 Å². The van der Waals surface area contributed by atoms with Crippen LogP contribution in [-0.2, 0) is 4.79 Å². The molecule has 1 heterocycles. The number of unbranched alkanes of at least 4 members (excludes halogenated alkanes) is 1. The van der Waals surface area contributed by atoms with Gasteiger partial charge in [-0.05, 0) is 50.5 Å². The molecule has 1 aliphatic heterocycles. The lowest BCUT2D eigenvalue weighted by Gasteiger charge is -2.38. The number of hydrogen-bond acceptors (Lipinski definition) is 5. The molecular weight excluding hydrogens is 354 g/mol. The summed E-state index contributed by atoms with van der Waals surface area (Å²) in [6.45, 7) is 7.25. The minimum Gasteiger partial charge on any atom is -0.480 e. The van der Waals surface area contributed by atoms with Gasteiger partial charge in [0.25, 0.3) is 0 Å². The summed E-state index contributed by atoms with van der Waals surface area (Å²) in [6.07, 6.45) is 4.49.